The third-order valence-electron chi connectivity index (χ3n) is 2.79. The number of nitrogens with zero attached hydrogens (tertiary/aromatic N) is 1. The highest BCUT2D eigenvalue weighted by Crippen LogP contribution is 2.28. The molecule has 0 aromatic heterocycles. The van der Waals surface area contributed by atoms with Crippen molar-refractivity contribution in [2.75, 3.05) is 5.32 Å². The number of carbonyl (C=O) groups is 1. The zero-order valence-electron chi connectivity index (χ0n) is 10.6. The number of hydrogen-bond acceptors (Lipinski definition) is 3. The second kappa shape index (κ2) is 5.48. The molecule has 0 heterocycles. The smallest absolute Gasteiger partial charge is 0.293 e. The molecule has 6 heteroatoms. The van der Waals surface area contributed by atoms with E-state index in [4.69, 9.17) is 0 Å². The number of benzene rings is 2. The van der Waals surface area contributed by atoms with E-state index < -0.39 is 16.6 Å². The number of aryl methyl sites for hydroxylation is 1. The fraction of sp³-hybridized carbons (Fsp3) is 0.0714. The minimum absolute atomic E-state index is 0.145. The van der Waals surface area contributed by atoms with Crippen LogP contribution in [-0.4, -0.2) is 10.8 Å². The van der Waals surface area contributed by atoms with Crippen molar-refractivity contribution in [3.8, 4) is 0 Å². The van der Waals surface area contributed by atoms with Crippen LogP contribution >= 0.6 is 0 Å². The maximum atomic E-state index is 12.8. The number of rotatable bonds is 3. The normalized spacial score (nSPS) is 10.1. The van der Waals surface area contributed by atoms with Gasteiger partial charge in [-0.2, -0.15) is 0 Å². The highest BCUT2D eigenvalue weighted by Gasteiger charge is 2.18. The van der Waals surface area contributed by atoms with Gasteiger partial charge in [-0.3, -0.25) is 14.9 Å². The highest BCUT2D eigenvalue weighted by atomic mass is 19.1. The third kappa shape index (κ3) is 2.80. The Morgan fingerprint density at radius 1 is 1.20 bits per heavy atom. The van der Waals surface area contributed by atoms with E-state index in [2.05, 4.69) is 5.32 Å². The van der Waals surface area contributed by atoms with Gasteiger partial charge in [0.05, 0.1) is 4.92 Å². The van der Waals surface area contributed by atoms with Gasteiger partial charge in [-0.05, 0) is 36.8 Å². The molecule has 0 fully saturated rings. The van der Waals surface area contributed by atoms with E-state index in [1.165, 1.54) is 18.2 Å². The minimum atomic E-state index is -0.562. The molecule has 0 atom stereocenters. The lowest BCUT2D eigenvalue weighted by atomic mass is 10.1. The van der Waals surface area contributed by atoms with Gasteiger partial charge in [0.15, 0.2) is 0 Å². The van der Waals surface area contributed by atoms with Gasteiger partial charge in [0.2, 0.25) is 0 Å². The van der Waals surface area contributed by atoms with E-state index in [9.17, 15) is 19.3 Å². The standard InChI is InChI=1S/C14H11FN2O3/c1-9-3-2-4-12(17(19)20)13(9)16-14(18)10-5-7-11(15)8-6-10/h2-8H,1H3,(H,16,18). The Labute approximate surface area is 114 Å². The van der Waals surface area contributed by atoms with E-state index in [1.807, 2.05) is 0 Å². The zero-order chi connectivity index (χ0) is 14.7. The van der Waals surface area contributed by atoms with Crippen molar-refractivity contribution >= 4 is 17.3 Å². The number of amides is 1. The van der Waals surface area contributed by atoms with Gasteiger partial charge in [-0.25, -0.2) is 4.39 Å². The summed E-state index contributed by atoms with van der Waals surface area (Å²) in [5.41, 5.74) is 0.769. The number of nitro benzene ring substituents is 1. The molecule has 1 amide bonds. The maximum Gasteiger partial charge on any atom is 0.293 e. The van der Waals surface area contributed by atoms with E-state index >= 15 is 0 Å². The molecule has 102 valence electrons. The molecule has 1 N–H and O–H groups in total. The van der Waals surface area contributed by atoms with Crippen molar-refractivity contribution < 1.29 is 14.1 Å². The minimum Gasteiger partial charge on any atom is -0.316 e. The van der Waals surface area contributed by atoms with Crippen LogP contribution in [-0.2, 0) is 0 Å². The van der Waals surface area contributed by atoms with Crippen LogP contribution < -0.4 is 5.32 Å². The molecule has 5 nitrogen and oxygen atoms in total. The molecule has 0 aliphatic rings. The number of para-hydroxylation sites is 1. The molecule has 0 aliphatic heterocycles. The monoisotopic (exact) mass is 274 g/mol. The molecule has 0 saturated carbocycles. The van der Waals surface area contributed by atoms with Crippen molar-refractivity contribution in [1.82, 2.24) is 0 Å². The van der Waals surface area contributed by atoms with Crippen LogP contribution in [0.5, 0.6) is 0 Å². The molecule has 20 heavy (non-hydrogen) atoms. The SMILES string of the molecule is Cc1cccc([N+](=O)[O-])c1NC(=O)c1ccc(F)cc1. The quantitative estimate of drug-likeness (QED) is 0.689. The van der Waals surface area contributed by atoms with E-state index in [-0.39, 0.29) is 16.9 Å². The Bertz CT molecular complexity index is 669. The molecule has 2 aromatic carbocycles. The van der Waals surface area contributed by atoms with Gasteiger partial charge in [-0.15, -0.1) is 0 Å². The van der Waals surface area contributed by atoms with Crippen molar-refractivity contribution in [2.24, 2.45) is 0 Å². The summed E-state index contributed by atoms with van der Waals surface area (Å²) in [5.74, 6) is -0.981. The van der Waals surface area contributed by atoms with Crippen molar-refractivity contribution in [3.05, 3.63) is 69.5 Å². The number of anilines is 1. The van der Waals surface area contributed by atoms with Crippen LogP contribution in [0.4, 0.5) is 15.8 Å². The second-order valence-electron chi connectivity index (χ2n) is 4.19. The first-order valence-corrected chi connectivity index (χ1v) is 5.80. The molecule has 0 bridgehead atoms. The molecule has 0 radical (unpaired) electrons. The first-order valence-electron chi connectivity index (χ1n) is 5.80. The van der Waals surface area contributed by atoms with Gasteiger partial charge < -0.3 is 5.32 Å². The molecule has 2 aromatic rings. The molecule has 0 saturated heterocycles. The third-order valence-corrected chi connectivity index (χ3v) is 2.79. The van der Waals surface area contributed by atoms with E-state index in [0.717, 1.165) is 12.1 Å². The van der Waals surface area contributed by atoms with Crippen LogP contribution in [0, 0.1) is 22.9 Å². The molecule has 0 unspecified atom stereocenters. The Hall–Kier alpha value is -2.76. The summed E-state index contributed by atoms with van der Waals surface area (Å²) in [6, 6.07) is 9.45. The maximum absolute atomic E-state index is 12.8. The zero-order valence-corrected chi connectivity index (χ0v) is 10.6. The molecule has 0 spiro atoms. The topological polar surface area (TPSA) is 72.2 Å². The number of nitro groups is 1. The lowest BCUT2D eigenvalue weighted by Crippen LogP contribution is -2.14. The Morgan fingerprint density at radius 2 is 1.85 bits per heavy atom. The number of carbonyl (C=O) groups excluding carboxylic acids is 1. The summed E-state index contributed by atoms with van der Waals surface area (Å²) in [4.78, 5) is 22.4. The summed E-state index contributed by atoms with van der Waals surface area (Å²) in [6.45, 7) is 1.66. The Kier molecular flexibility index (Phi) is 3.74. The first kappa shape index (κ1) is 13.7. The summed E-state index contributed by atoms with van der Waals surface area (Å²) in [5, 5.41) is 13.4. The van der Waals surface area contributed by atoms with Crippen molar-refractivity contribution in [1.29, 1.82) is 0 Å². The Morgan fingerprint density at radius 3 is 2.45 bits per heavy atom. The predicted octanol–water partition coefficient (Wildman–Crippen LogP) is 3.29. The van der Waals surface area contributed by atoms with Gasteiger partial charge in [0.1, 0.15) is 11.5 Å². The van der Waals surface area contributed by atoms with Crippen LogP contribution in [0.3, 0.4) is 0 Å². The average molecular weight is 274 g/mol. The lowest BCUT2D eigenvalue weighted by Gasteiger charge is -2.08. The average Bonchev–Trinajstić information content (AvgIpc) is 2.41. The van der Waals surface area contributed by atoms with E-state index in [1.54, 1.807) is 19.1 Å². The van der Waals surface area contributed by atoms with Gasteiger partial charge in [0, 0.05) is 11.6 Å². The number of nitrogens with one attached hydrogen (secondary N) is 1. The van der Waals surface area contributed by atoms with Crippen LogP contribution in [0.15, 0.2) is 42.5 Å². The molecular weight excluding hydrogens is 263 g/mol. The number of halogens is 1. The summed E-state index contributed by atoms with van der Waals surface area (Å²) < 4.78 is 12.8. The van der Waals surface area contributed by atoms with Gasteiger partial charge >= 0.3 is 0 Å². The second-order valence-corrected chi connectivity index (χ2v) is 4.19. The van der Waals surface area contributed by atoms with E-state index in [0.29, 0.717) is 5.56 Å². The van der Waals surface area contributed by atoms with Crippen LogP contribution in [0.1, 0.15) is 15.9 Å². The number of hydrogen-bond donors (Lipinski definition) is 1. The summed E-state index contributed by atoms with van der Waals surface area (Å²) in [7, 11) is 0. The summed E-state index contributed by atoms with van der Waals surface area (Å²) >= 11 is 0. The molecule has 2 rings (SSSR count). The van der Waals surface area contributed by atoms with Crippen molar-refractivity contribution in [2.45, 2.75) is 6.92 Å². The predicted molar refractivity (Wildman–Crippen MR) is 72.2 cm³/mol. The highest BCUT2D eigenvalue weighted by molar-refractivity contribution is 6.05. The fourth-order valence-electron chi connectivity index (χ4n) is 1.75. The largest absolute Gasteiger partial charge is 0.316 e. The summed E-state index contributed by atoms with van der Waals surface area (Å²) in [6.07, 6.45) is 0. The van der Waals surface area contributed by atoms with Gasteiger partial charge in [0.25, 0.3) is 11.6 Å². The fourth-order valence-corrected chi connectivity index (χ4v) is 1.75. The molecular formula is C14H11FN2O3. The first-order chi connectivity index (χ1) is 9.49. The van der Waals surface area contributed by atoms with Crippen molar-refractivity contribution in [3.63, 3.8) is 0 Å². The van der Waals surface area contributed by atoms with Crippen LogP contribution in [0.25, 0.3) is 0 Å². The Balaban J connectivity index is 2.32. The lowest BCUT2D eigenvalue weighted by molar-refractivity contribution is -0.383. The van der Waals surface area contributed by atoms with Gasteiger partial charge in [-0.1, -0.05) is 12.1 Å². The molecule has 0 aliphatic carbocycles. The van der Waals surface area contributed by atoms with Crippen LogP contribution in [0.2, 0.25) is 0 Å².